The topological polar surface area (TPSA) is 59.5 Å². The van der Waals surface area contributed by atoms with Crippen LogP contribution in [-0.4, -0.2) is 30.5 Å². The lowest BCUT2D eigenvalue weighted by Crippen LogP contribution is -2.38. The van der Waals surface area contributed by atoms with Crippen LogP contribution in [0.5, 0.6) is 0 Å². The molecule has 2 aromatic rings. The molecule has 3 rings (SSSR count). The number of carbonyl (C=O) groups is 2. The quantitative estimate of drug-likeness (QED) is 0.802. The van der Waals surface area contributed by atoms with Crippen LogP contribution in [0.1, 0.15) is 29.9 Å². The second kappa shape index (κ2) is 7.42. The summed E-state index contributed by atoms with van der Waals surface area (Å²) in [4.78, 5) is 30.1. The zero-order valence-corrected chi connectivity index (χ0v) is 13.9. The van der Waals surface area contributed by atoms with Gasteiger partial charge < -0.3 is 9.64 Å². The van der Waals surface area contributed by atoms with E-state index in [9.17, 15) is 14.0 Å². The van der Waals surface area contributed by atoms with E-state index in [4.69, 9.17) is 4.74 Å². The van der Waals surface area contributed by atoms with Gasteiger partial charge in [-0.25, -0.2) is 4.39 Å². The van der Waals surface area contributed by atoms with Crippen molar-refractivity contribution in [3.63, 3.8) is 0 Å². The highest BCUT2D eigenvalue weighted by atomic mass is 19.1. The van der Waals surface area contributed by atoms with Crippen LogP contribution in [0.15, 0.2) is 42.7 Å². The number of amides is 1. The van der Waals surface area contributed by atoms with Gasteiger partial charge in [-0.1, -0.05) is 18.2 Å². The van der Waals surface area contributed by atoms with E-state index in [1.807, 2.05) is 24.3 Å². The van der Waals surface area contributed by atoms with Crippen molar-refractivity contribution in [1.82, 2.24) is 4.98 Å². The summed E-state index contributed by atoms with van der Waals surface area (Å²) in [5.41, 5.74) is 2.24. The van der Waals surface area contributed by atoms with Crippen LogP contribution in [0.2, 0.25) is 0 Å². The summed E-state index contributed by atoms with van der Waals surface area (Å²) in [6, 6.07) is 8.77. The highest BCUT2D eigenvalue weighted by molar-refractivity contribution is 5.96. The van der Waals surface area contributed by atoms with Gasteiger partial charge in [0.1, 0.15) is 5.82 Å². The van der Waals surface area contributed by atoms with Gasteiger partial charge in [0.25, 0.3) is 0 Å². The van der Waals surface area contributed by atoms with Crippen LogP contribution >= 0.6 is 0 Å². The fraction of sp³-hybridized carbons (Fsp3) is 0.316. The lowest BCUT2D eigenvalue weighted by Gasteiger charge is -2.33. The maximum Gasteiger partial charge on any atom is 0.313 e. The average molecular weight is 342 g/mol. The number of hydrogen-bond donors (Lipinski definition) is 0. The minimum atomic E-state index is -0.408. The monoisotopic (exact) mass is 342 g/mol. The van der Waals surface area contributed by atoms with Gasteiger partial charge in [0.15, 0.2) is 0 Å². The van der Waals surface area contributed by atoms with Gasteiger partial charge in [0.2, 0.25) is 5.91 Å². The number of nitrogens with zero attached hydrogens (tertiary/aromatic N) is 2. The Morgan fingerprint density at radius 3 is 2.88 bits per heavy atom. The maximum atomic E-state index is 13.2. The van der Waals surface area contributed by atoms with Crippen molar-refractivity contribution in [1.29, 1.82) is 0 Å². The molecule has 1 aliphatic heterocycles. The number of aromatic nitrogens is 1. The molecule has 6 heteroatoms. The summed E-state index contributed by atoms with van der Waals surface area (Å²) in [7, 11) is 1.37. The van der Waals surface area contributed by atoms with E-state index in [-0.39, 0.29) is 24.2 Å². The zero-order valence-electron chi connectivity index (χ0n) is 13.9. The van der Waals surface area contributed by atoms with Crippen LogP contribution in [0, 0.1) is 5.82 Å². The van der Waals surface area contributed by atoms with E-state index in [1.165, 1.54) is 13.2 Å². The van der Waals surface area contributed by atoms with E-state index in [1.54, 1.807) is 11.1 Å². The molecule has 0 saturated heterocycles. The fourth-order valence-electron chi connectivity index (χ4n) is 3.19. The number of hydrogen-bond acceptors (Lipinski definition) is 4. The zero-order chi connectivity index (χ0) is 17.8. The van der Waals surface area contributed by atoms with Gasteiger partial charge >= 0.3 is 5.97 Å². The Hall–Kier alpha value is -2.76. The van der Waals surface area contributed by atoms with Crippen molar-refractivity contribution in [2.24, 2.45) is 0 Å². The molecule has 130 valence electrons. The van der Waals surface area contributed by atoms with Crippen LogP contribution in [-0.2, 0) is 20.7 Å². The van der Waals surface area contributed by atoms with Gasteiger partial charge in [0.05, 0.1) is 19.2 Å². The van der Waals surface area contributed by atoms with Gasteiger partial charge in [0, 0.05) is 24.8 Å². The third-order valence-corrected chi connectivity index (χ3v) is 4.42. The van der Waals surface area contributed by atoms with Gasteiger partial charge in [-0.2, -0.15) is 0 Å². The largest absolute Gasteiger partial charge is 0.469 e. The van der Waals surface area contributed by atoms with E-state index < -0.39 is 5.82 Å². The average Bonchev–Trinajstić information content (AvgIpc) is 2.64. The third-order valence-electron chi connectivity index (χ3n) is 4.42. The number of ether oxygens (including phenoxy) is 1. The number of halogens is 1. The molecule has 2 heterocycles. The number of esters is 1. The van der Waals surface area contributed by atoms with Crippen molar-refractivity contribution >= 4 is 17.6 Å². The Bertz CT molecular complexity index is 794. The van der Waals surface area contributed by atoms with E-state index >= 15 is 0 Å². The first kappa shape index (κ1) is 17.1. The molecule has 0 saturated carbocycles. The molecule has 0 bridgehead atoms. The smallest absolute Gasteiger partial charge is 0.313 e. The van der Waals surface area contributed by atoms with Gasteiger partial charge in [-0.15, -0.1) is 0 Å². The molecular formula is C19H19FN2O3. The van der Waals surface area contributed by atoms with Crippen LogP contribution in [0.4, 0.5) is 10.1 Å². The fourth-order valence-corrected chi connectivity index (χ4v) is 3.19. The standard InChI is InChI=1S/C19H19FN2O3/c1-25-19(24)16-8-9-22(17-5-3-2-4-15(16)17)18(23)7-6-13-10-14(20)12-21-11-13/h2-5,10-12,16H,6-9H2,1H3/t16-/m1/s1. The second-order valence-electron chi connectivity index (χ2n) is 5.98. The normalized spacial score (nSPS) is 16.2. The number of carbonyl (C=O) groups excluding carboxylic acids is 2. The molecular weight excluding hydrogens is 323 g/mol. The van der Waals surface area contributed by atoms with E-state index in [0.717, 1.165) is 17.4 Å². The molecule has 1 atom stereocenters. The SMILES string of the molecule is COC(=O)[C@@H]1CCN(C(=O)CCc2cncc(F)c2)c2ccccc21. The number of aryl methyl sites for hydroxylation is 1. The second-order valence-corrected chi connectivity index (χ2v) is 5.98. The van der Waals surface area contributed by atoms with Crippen molar-refractivity contribution < 1.29 is 18.7 Å². The maximum absolute atomic E-state index is 13.2. The molecule has 1 aromatic heterocycles. The van der Waals surface area contributed by atoms with E-state index in [0.29, 0.717) is 24.9 Å². The summed E-state index contributed by atoms with van der Waals surface area (Å²) in [6.07, 6.45) is 3.90. The predicted molar refractivity (Wildman–Crippen MR) is 90.7 cm³/mol. The first-order chi connectivity index (χ1) is 12.1. The minimum Gasteiger partial charge on any atom is -0.469 e. The molecule has 0 fully saturated rings. The number of anilines is 1. The molecule has 25 heavy (non-hydrogen) atoms. The summed E-state index contributed by atoms with van der Waals surface area (Å²) in [5.74, 6) is -1.10. The van der Waals surface area contributed by atoms with E-state index in [2.05, 4.69) is 4.98 Å². The van der Waals surface area contributed by atoms with Crippen LogP contribution in [0.3, 0.4) is 0 Å². The van der Waals surface area contributed by atoms with Crippen molar-refractivity contribution in [3.05, 3.63) is 59.7 Å². The van der Waals surface area contributed by atoms with Crippen molar-refractivity contribution in [2.45, 2.75) is 25.2 Å². The Kier molecular flexibility index (Phi) is 5.07. The van der Waals surface area contributed by atoms with Crippen LogP contribution in [0.25, 0.3) is 0 Å². The molecule has 1 aliphatic rings. The predicted octanol–water partition coefficient (Wildman–Crippen LogP) is 2.85. The van der Waals surface area contributed by atoms with Crippen molar-refractivity contribution in [3.8, 4) is 0 Å². The van der Waals surface area contributed by atoms with Crippen molar-refractivity contribution in [2.75, 3.05) is 18.6 Å². The molecule has 0 N–H and O–H groups in total. The number of methoxy groups -OCH3 is 1. The summed E-state index contributed by atoms with van der Waals surface area (Å²) >= 11 is 0. The highest BCUT2D eigenvalue weighted by Gasteiger charge is 2.32. The molecule has 0 aliphatic carbocycles. The Balaban J connectivity index is 1.76. The Morgan fingerprint density at radius 2 is 2.12 bits per heavy atom. The lowest BCUT2D eigenvalue weighted by atomic mass is 9.89. The molecule has 5 nitrogen and oxygen atoms in total. The summed E-state index contributed by atoms with van der Waals surface area (Å²) in [5, 5.41) is 0. The number of para-hydroxylation sites is 1. The summed E-state index contributed by atoms with van der Waals surface area (Å²) in [6.45, 7) is 0.455. The highest BCUT2D eigenvalue weighted by Crippen LogP contribution is 2.36. The lowest BCUT2D eigenvalue weighted by molar-refractivity contribution is -0.142. The molecule has 0 radical (unpaired) electrons. The first-order valence-electron chi connectivity index (χ1n) is 8.16. The number of rotatable bonds is 4. The molecule has 0 unspecified atom stereocenters. The molecule has 1 amide bonds. The van der Waals surface area contributed by atoms with Gasteiger partial charge in [-0.3, -0.25) is 14.6 Å². The Morgan fingerprint density at radius 1 is 1.32 bits per heavy atom. The molecule has 0 spiro atoms. The Labute approximate surface area is 145 Å². The van der Waals surface area contributed by atoms with Gasteiger partial charge in [-0.05, 0) is 36.1 Å². The third kappa shape index (κ3) is 3.68. The van der Waals surface area contributed by atoms with Crippen LogP contribution < -0.4 is 4.90 Å². The minimum absolute atomic E-state index is 0.0555. The molecule has 1 aromatic carbocycles. The first-order valence-corrected chi connectivity index (χ1v) is 8.16. The summed E-state index contributed by atoms with van der Waals surface area (Å²) < 4.78 is 18.1. The number of fused-ring (bicyclic) bond motifs is 1. The number of pyridine rings is 1. The number of benzene rings is 1.